The van der Waals surface area contributed by atoms with Crippen molar-refractivity contribution < 1.29 is 9.21 Å². The van der Waals surface area contributed by atoms with E-state index in [0.29, 0.717) is 24.5 Å². The van der Waals surface area contributed by atoms with Gasteiger partial charge in [0.1, 0.15) is 11.5 Å². The van der Waals surface area contributed by atoms with E-state index >= 15 is 0 Å². The van der Waals surface area contributed by atoms with E-state index in [9.17, 15) is 4.79 Å². The maximum absolute atomic E-state index is 11.6. The van der Waals surface area contributed by atoms with Crippen LogP contribution in [0.5, 0.6) is 0 Å². The summed E-state index contributed by atoms with van der Waals surface area (Å²) in [4.78, 5) is 11.6. The fourth-order valence-corrected chi connectivity index (χ4v) is 1.80. The summed E-state index contributed by atoms with van der Waals surface area (Å²) in [6.45, 7) is 4.30. The van der Waals surface area contributed by atoms with E-state index in [4.69, 9.17) is 4.42 Å². The Hall–Kier alpha value is -1.05. The first kappa shape index (κ1) is 12.0. The van der Waals surface area contributed by atoms with Gasteiger partial charge in [-0.15, -0.1) is 0 Å². The highest BCUT2D eigenvalue weighted by Crippen LogP contribution is 2.13. The van der Waals surface area contributed by atoms with Crippen molar-refractivity contribution in [1.29, 1.82) is 0 Å². The van der Waals surface area contributed by atoms with Gasteiger partial charge in [0.25, 0.3) is 0 Å². The molecule has 0 amide bonds. The highest BCUT2D eigenvalue weighted by atomic mass is 16.3. The molecule has 0 saturated heterocycles. The molecular formula is C13H20O2. The van der Waals surface area contributed by atoms with Crippen molar-refractivity contribution in [2.75, 3.05) is 0 Å². The van der Waals surface area contributed by atoms with Gasteiger partial charge in [0.05, 0.1) is 6.26 Å². The van der Waals surface area contributed by atoms with Gasteiger partial charge >= 0.3 is 0 Å². The van der Waals surface area contributed by atoms with Crippen molar-refractivity contribution in [3.63, 3.8) is 0 Å². The lowest BCUT2D eigenvalue weighted by Crippen LogP contribution is -2.06. The molecule has 0 fully saturated rings. The molecule has 0 saturated carbocycles. The molecule has 2 heteroatoms. The number of Topliss-reactive ketones (excluding diaryl/α,β-unsaturated/α-hetero) is 1. The average molecular weight is 208 g/mol. The molecule has 2 nitrogen and oxygen atoms in total. The fourth-order valence-electron chi connectivity index (χ4n) is 1.80. The third kappa shape index (κ3) is 4.82. The molecule has 1 heterocycles. The second kappa shape index (κ2) is 6.44. The minimum absolute atomic E-state index is 0.354. The van der Waals surface area contributed by atoms with Gasteiger partial charge in [-0.05, 0) is 18.1 Å². The van der Waals surface area contributed by atoms with E-state index in [1.807, 2.05) is 12.1 Å². The Morgan fingerprint density at radius 2 is 2.33 bits per heavy atom. The normalized spacial score (nSPS) is 12.7. The predicted molar refractivity (Wildman–Crippen MR) is 60.7 cm³/mol. The molecule has 1 rings (SSSR count). The molecule has 0 aliphatic carbocycles. The Balaban J connectivity index is 2.19. The quantitative estimate of drug-likeness (QED) is 0.685. The van der Waals surface area contributed by atoms with Gasteiger partial charge in [-0.25, -0.2) is 0 Å². The number of hydrogen-bond acceptors (Lipinski definition) is 2. The third-order valence-corrected chi connectivity index (χ3v) is 2.59. The SMILES string of the molecule is CCCC(C)CC(=O)CCc1ccco1. The first-order chi connectivity index (χ1) is 7.22. The van der Waals surface area contributed by atoms with Crippen LogP contribution in [0, 0.1) is 5.92 Å². The molecule has 1 aromatic rings. The van der Waals surface area contributed by atoms with Gasteiger partial charge in [-0.2, -0.15) is 0 Å². The van der Waals surface area contributed by atoms with Gasteiger partial charge < -0.3 is 4.42 Å². The van der Waals surface area contributed by atoms with E-state index in [0.717, 1.165) is 25.0 Å². The Morgan fingerprint density at radius 3 is 2.93 bits per heavy atom. The second-order valence-corrected chi connectivity index (χ2v) is 4.22. The highest BCUT2D eigenvalue weighted by molar-refractivity contribution is 5.78. The molecule has 1 atom stereocenters. The van der Waals surface area contributed by atoms with Crippen LogP contribution in [0.15, 0.2) is 22.8 Å². The van der Waals surface area contributed by atoms with E-state index in [-0.39, 0.29) is 0 Å². The predicted octanol–water partition coefficient (Wildman–Crippen LogP) is 3.61. The van der Waals surface area contributed by atoms with E-state index < -0.39 is 0 Å². The summed E-state index contributed by atoms with van der Waals surface area (Å²) in [6, 6.07) is 3.78. The van der Waals surface area contributed by atoms with Crippen LogP contribution in [0.2, 0.25) is 0 Å². The van der Waals surface area contributed by atoms with E-state index in [2.05, 4.69) is 13.8 Å². The molecule has 84 valence electrons. The molecule has 0 aromatic carbocycles. The standard InChI is InChI=1S/C13H20O2/c1-3-5-11(2)10-12(14)7-8-13-6-4-9-15-13/h4,6,9,11H,3,5,7-8,10H2,1-2H3. The topological polar surface area (TPSA) is 30.2 Å². The van der Waals surface area contributed by atoms with Gasteiger partial charge in [0, 0.05) is 19.3 Å². The summed E-state index contributed by atoms with van der Waals surface area (Å²) in [5.41, 5.74) is 0. The van der Waals surface area contributed by atoms with Crippen molar-refractivity contribution in [1.82, 2.24) is 0 Å². The number of furan rings is 1. The summed E-state index contributed by atoms with van der Waals surface area (Å²) in [6.07, 6.45) is 6.03. The lowest BCUT2D eigenvalue weighted by atomic mass is 9.97. The summed E-state index contributed by atoms with van der Waals surface area (Å²) in [7, 11) is 0. The molecule has 15 heavy (non-hydrogen) atoms. The van der Waals surface area contributed by atoms with Gasteiger partial charge in [0.15, 0.2) is 0 Å². The summed E-state index contributed by atoms with van der Waals surface area (Å²) < 4.78 is 5.18. The van der Waals surface area contributed by atoms with Crippen LogP contribution >= 0.6 is 0 Å². The van der Waals surface area contributed by atoms with Crippen molar-refractivity contribution in [3.05, 3.63) is 24.2 Å². The zero-order valence-electron chi connectivity index (χ0n) is 9.66. The van der Waals surface area contributed by atoms with Gasteiger partial charge in [-0.3, -0.25) is 4.79 Å². The largest absolute Gasteiger partial charge is 0.469 e. The lowest BCUT2D eigenvalue weighted by Gasteiger charge is -2.07. The molecule has 0 N–H and O–H groups in total. The van der Waals surface area contributed by atoms with Crippen LogP contribution in [0.25, 0.3) is 0 Å². The average Bonchev–Trinajstić information content (AvgIpc) is 2.67. The zero-order chi connectivity index (χ0) is 11.1. The Bertz CT molecular complexity index is 275. The minimum atomic E-state index is 0.354. The van der Waals surface area contributed by atoms with E-state index in [1.54, 1.807) is 6.26 Å². The fraction of sp³-hybridized carbons (Fsp3) is 0.615. The maximum atomic E-state index is 11.6. The minimum Gasteiger partial charge on any atom is -0.469 e. The number of rotatable bonds is 7. The molecule has 0 radical (unpaired) electrons. The van der Waals surface area contributed by atoms with Crippen LogP contribution in [0.3, 0.4) is 0 Å². The zero-order valence-corrected chi connectivity index (χ0v) is 9.66. The lowest BCUT2D eigenvalue weighted by molar-refractivity contribution is -0.119. The van der Waals surface area contributed by atoms with Crippen molar-refractivity contribution in [2.24, 2.45) is 5.92 Å². The monoisotopic (exact) mass is 208 g/mol. The Kier molecular flexibility index (Phi) is 5.16. The van der Waals surface area contributed by atoms with Crippen molar-refractivity contribution >= 4 is 5.78 Å². The molecule has 0 spiro atoms. The number of carbonyl (C=O) groups excluding carboxylic acids is 1. The Labute approximate surface area is 91.7 Å². The third-order valence-electron chi connectivity index (χ3n) is 2.59. The van der Waals surface area contributed by atoms with Crippen LogP contribution in [-0.4, -0.2) is 5.78 Å². The summed E-state index contributed by atoms with van der Waals surface area (Å²) >= 11 is 0. The highest BCUT2D eigenvalue weighted by Gasteiger charge is 2.09. The van der Waals surface area contributed by atoms with Crippen LogP contribution in [-0.2, 0) is 11.2 Å². The first-order valence-electron chi connectivity index (χ1n) is 5.76. The maximum Gasteiger partial charge on any atom is 0.133 e. The summed E-state index contributed by atoms with van der Waals surface area (Å²) in [5.74, 6) is 1.79. The summed E-state index contributed by atoms with van der Waals surface area (Å²) in [5, 5.41) is 0. The molecule has 0 bridgehead atoms. The number of carbonyl (C=O) groups is 1. The molecule has 0 aliphatic heterocycles. The number of ketones is 1. The smallest absolute Gasteiger partial charge is 0.133 e. The molecule has 0 aliphatic rings. The number of aryl methyl sites for hydroxylation is 1. The van der Waals surface area contributed by atoms with Crippen molar-refractivity contribution in [2.45, 2.75) is 46.0 Å². The Morgan fingerprint density at radius 1 is 1.53 bits per heavy atom. The van der Waals surface area contributed by atoms with Gasteiger partial charge in [-0.1, -0.05) is 26.7 Å². The van der Waals surface area contributed by atoms with E-state index in [1.165, 1.54) is 0 Å². The van der Waals surface area contributed by atoms with Crippen molar-refractivity contribution in [3.8, 4) is 0 Å². The first-order valence-corrected chi connectivity index (χ1v) is 5.76. The van der Waals surface area contributed by atoms with Gasteiger partial charge in [0.2, 0.25) is 0 Å². The molecular weight excluding hydrogens is 188 g/mol. The molecule has 1 unspecified atom stereocenters. The van der Waals surface area contributed by atoms with Crippen LogP contribution < -0.4 is 0 Å². The molecule has 1 aromatic heterocycles. The van der Waals surface area contributed by atoms with Crippen LogP contribution in [0.1, 0.15) is 45.3 Å². The van der Waals surface area contributed by atoms with Crippen LogP contribution in [0.4, 0.5) is 0 Å². The number of hydrogen-bond donors (Lipinski definition) is 0. The second-order valence-electron chi connectivity index (χ2n) is 4.22.